The van der Waals surface area contributed by atoms with E-state index in [0.717, 1.165) is 0 Å². The van der Waals surface area contributed by atoms with E-state index in [1.54, 1.807) is 38.3 Å². The molecule has 0 aliphatic carbocycles. The molecule has 1 aromatic heterocycles. The van der Waals surface area contributed by atoms with Crippen molar-refractivity contribution >= 4 is 17.8 Å². The van der Waals surface area contributed by atoms with Crippen molar-refractivity contribution in [2.75, 3.05) is 39.9 Å². The lowest BCUT2D eigenvalue weighted by Gasteiger charge is -2.16. The fraction of sp³-hybridized carbons (Fsp3) is 0.240. The van der Waals surface area contributed by atoms with Crippen LogP contribution in [-0.2, 0) is 4.79 Å². The monoisotopic (exact) mass is 479 g/mol. The Hall–Kier alpha value is -4.65. The molecule has 35 heavy (non-hydrogen) atoms. The number of carbonyl (C=O) groups is 1. The number of hydrogen-bond donors (Lipinski definition) is 1. The van der Waals surface area contributed by atoms with Gasteiger partial charge >= 0.3 is 0 Å². The van der Waals surface area contributed by atoms with Crippen molar-refractivity contribution in [1.82, 2.24) is 5.16 Å². The molecule has 0 atom stereocenters. The summed E-state index contributed by atoms with van der Waals surface area (Å²) in [6, 6.07) is 13.9. The summed E-state index contributed by atoms with van der Waals surface area (Å²) in [7, 11) is 4.54. The number of rotatable bonds is 11. The molecule has 10 nitrogen and oxygen atoms in total. The second-order valence-corrected chi connectivity index (χ2v) is 7.08. The van der Waals surface area contributed by atoms with Crippen LogP contribution in [0.1, 0.15) is 11.3 Å². The van der Waals surface area contributed by atoms with Crippen molar-refractivity contribution in [2.24, 2.45) is 0 Å². The van der Waals surface area contributed by atoms with Gasteiger partial charge in [0.25, 0.3) is 5.91 Å². The fourth-order valence-electron chi connectivity index (χ4n) is 3.04. The summed E-state index contributed by atoms with van der Waals surface area (Å²) in [4.78, 5) is 12.5. The summed E-state index contributed by atoms with van der Waals surface area (Å²) >= 11 is 0. The Bertz CT molecular complexity index is 1220. The number of carbonyl (C=O) groups excluding carboxylic acids is 1. The van der Waals surface area contributed by atoms with Crippen LogP contribution < -0.4 is 29.0 Å². The van der Waals surface area contributed by atoms with Crippen molar-refractivity contribution in [3.8, 4) is 34.8 Å². The van der Waals surface area contributed by atoms with Gasteiger partial charge in [-0.1, -0.05) is 11.2 Å². The number of aromatic nitrogens is 1. The first-order valence-corrected chi connectivity index (χ1v) is 10.5. The Morgan fingerprint density at radius 2 is 1.71 bits per heavy atom. The molecule has 0 fully saturated rings. The van der Waals surface area contributed by atoms with E-state index in [4.69, 9.17) is 28.2 Å². The van der Waals surface area contributed by atoms with E-state index < -0.39 is 5.91 Å². The van der Waals surface area contributed by atoms with E-state index >= 15 is 0 Å². The zero-order valence-corrected chi connectivity index (χ0v) is 19.8. The van der Waals surface area contributed by atoms with Crippen molar-refractivity contribution in [3.63, 3.8) is 0 Å². The van der Waals surface area contributed by atoms with Gasteiger partial charge in [-0.2, -0.15) is 5.26 Å². The lowest BCUT2D eigenvalue weighted by atomic mass is 10.1. The lowest BCUT2D eigenvalue weighted by molar-refractivity contribution is -0.112. The third-order valence-corrected chi connectivity index (χ3v) is 4.67. The third-order valence-electron chi connectivity index (χ3n) is 4.67. The SMILES string of the molecule is COc1cccc(OCCOc2c(OC)cc(/C=C(/C#N)C(=O)Nc3cc(C)on3)cc2OC)c1. The summed E-state index contributed by atoms with van der Waals surface area (Å²) in [5.41, 5.74) is 0.358. The minimum atomic E-state index is -0.631. The lowest BCUT2D eigenvalue weighted by Crippen LogP contribution is -2.13. The molecular formula is C25H25N3O7. The molecule has 0 bridgehead atoms. The molecule has 1 heterocycles. The second-order valence-electron chi connectivity index (χ2n) is 7.08. The van der Waals surface area contributed by atoms with Gasteiger partial charge in [0, 0.05) is 12.1 Å². The number of aryl methyl sites for hydroxylation is 1. The van der Waals surface area contributed by atoms with Crippen LogP contribution in [0.15, 0.2) is 52.6 Å². The van der Waals surface area contributed by atoms with Crippen LogP contribution >= 0.6 is 0 Å². The summed E-state index contributed by atoms with van der Waals surface area (Å²) in [6.07, 6.45) is 1.41. The largest absolute Gasteiger partial charge is 0.497 e. The van der Waals surface area contributed by atoms with E-state index in [1.165, 1.54) is 20.3 Å². The van der Waals surface area contributed by atoms with Gasteiger partial charge in [0.1, 0.15) is 42.1 Å². The standard InChI is InChI=1S/C25H25N3O7/c1-16-10-23(28-35-16)27-25(29)18(15-26)11-17-12-21(31-3)24(22(13-17)32-4)34-9-8-33-20-7-5-6-19(14-20)30-2/h5-7,10-14H,8-9H2,1-4H3,(H,27,28,29)/b18-11-. The van der Waals surface area contributed by atoms with E-state index in [0.29, 0.717) is 40.1 Å². The molecular weight excluding hydrogens is 454 g/mol. The molecule has 3 aromatic rings. The molecule has 0 saturated carbocycles. The molecule has 1 N–H and O–H groups in total. The van der Waals surface area contributed by atoms with E-state index in [-0.39, 0.29) is 24.6 Å². The summed E-state index contributed by atoms with van der Waals surface area (Å²) in [5, 5.41) is 15.7. The Labute approximate surface area is 202 Å². The highest BCUT2D eigenvalue weighted by atomic mass is 16.6. The topological polar surface area (TPSA) is 125 Å². The molecule has 0 saturated heterocycles. The molecule has 10 heteroatoms. The van der Waals surface area contributed by atoms with E-state index in [9.17, 15) is 10.1 Å². The van der Waals surface area contributed by atoms with Crippen LogP contribution in [-0.4, -0.2) is 45.6 Å². The second kappa shape index (κ2) is 12.0. The quantitative estimate of drug-likeness (QED) is 0.247. The average Bonchev–Trinajstić information content (AvgIpc) is 3.29. The number of ether oxygens (including phenoxy) is 5. The number of nitrogens with one attached hydrogen (secondary N) is 1. The molecule has 0 spiro atoms. The highest BCUT2D eigenvalue weighted by Crippen LogP contribution is 2.39. The Morgan fingerprint density at radius 1 is 1.03 bits per heavy atom. The van der Waals surface area contributed by atoms with Crippen molar-refractivity contribution in [3.05, 3.63) is 59.4 Å². The Kier molecular flexibility index (Phi) is 8.56. The smallest absolute Gasteiger partial charge is 0.267 e. The van der Waals surface area contributed by atoms with Gasteiger partial charge in [-0.25, -0.2) is 0 Å². The van der Waals surface area contributed by atoms with Gasteiger partial charge in [-0.3, -0.25) is 4.79 Å². The maximum absolute atomic E-state index is 12.5. The minimum Gasteiger partial charge on any atom is -0.497 e. The number of nitriles is 1. The predicted octanol–water partition coefficient (Wildman–Crippen LogP) is 4.01. The van der Waals surface area contributed by atoms with Gasteiger partial charge in [0.05, 0.1) is 21.3 Å². The molecule has 3 rings (SSSR count). The third kappa shape index (κ3) is 6.68. The number of nitrogens with zero attached hydrogens (tertiary/aromatic N) is 2. The van der Waals surface area contributed by atoms with Gasteiger partial charge in [0.2, 0.25) is 5.75 Å². The zero-order valence-electron chi connectivity index (χ0n) is 19.8. The first kappa shape index (κ1) is 25.0. The highest BCUT2D eigenvalue weighted by molar-refractivity contribution is 6.09. The summed E-state index contributed by atoms with van der Waals surface area (Å²) < 4.78 is 32.6. The van der Waals surface area contributed by atoms with Crippen LogP contribution in [0.5, 0.6) is 28.7 Å². The first-order valence-electron chi connectivity index (χ1n) is 10.5. The van der Waals surface area contributed by atoms with E-state index in [2.05, 4.69) is 10.5 Å². The molecule has 1 amide bonds. The molecule has 2 aromatic carbocycles. The number of anilines is 1. The minimum absolute atomic E-state index is 0.143. The van der Waals surface area contributed by atoms with Crippen LogP contribution in [0, 0.1) is 18.3 Å². The van der Waals surface area contributed by atoms with Crippen LogP contribution in [0.3, 0.4) is 0 Å². The number of methoxy groups -OCH3 is 3. The van der Waals surface area contributed by atoms with Gasteiger partial charge in [-0.15, -0.1) is 0 Å². The number of benzene rings is 2. The summed E-state index contributed by atoms with van der Waals surface area (Å²) in [5.74, 6) is 2.54. The van der Waals surface area contributed by atoms with E-state index in [1.807, 2.05) is 24.3 Å². The highest BCUT2D eigenvalue weighted by Gasteiger charge is 2.16. The maximum atomic E-state index is 12.5. The molecule has 0 radical (unpaired) electrons. The van der Waals surface area contributed by atoms with Crippen LogP contribution in [0.2, 0.25) is 0 Å². The molecule has 0 aliphatic rings. The molecule has 182 valence electrons. The van der Waals surface area contributed by atoms with Gasteiger partial charge in [0.15, 0.2) is 17.3 Å². The number of amides is 1. The van der Waals surface area contributed by atoms with Gasteiger partial charge < -0.3 is 33.5 Å². The molecule has 0 aliphatic heterocycles. The zero-order chi connectivity index (χ0) is 25.2. The van der Waals surface area contributed by atoms with Crippen LogP contribution in [0.25, 0.3) is 6.08 Å². The summed E-state index contributed by atoms with van der Waals surface area (Å²) in [6.45, 7) is 2.17. The van der Waals surface area contributed by atoms with Gasteiger partial charge in [-0.05, 0) is 42.8 Å². The normalized spacial score (nSPS) is 10.8. The first-order chi connectivity index (χ1) is 17.0. The molecule has 0 unspecified atom stereocenters. The fourth-order valence-corrected chi connectivity index (χ4v) is 3.04. The van der Waals surface area contributed by atoms with Crippen molar-refractivity contribution in [1.29, 1.82) is 5.26 Å². The van der Waals surface area contributed by atoms with Crippen molar-refractivity contribution in [2.45, 2.75) is 6.92 Å². The predicted molar refractivity (Wildman–Crippen MR) is 127 cm³/mol. The Morgan fingerprint density at radius 3 is 2.31 bits per heavy atom. The Balaban J connectivity index is 1.72. The maximum Gasteiger partial charge on any atom is 0.267 e. The van der Waals surface area contributed by atoms with Crippen molar-refractivity contribution < 1.29 is 33.0 Å². The average molecular weight is 479 g/mol. The van der Waals surface area contributed by atoms with Crippen LogP contribution in [0.4, 0.5) is 5.82 Å². The number of hydrogen-bond acceptors (Lipinski definition) is 9.